The van der Waals surface area contributed by atoms with E-state index in [0.29, 0.717) is 13.0 Å². The highest BCUT2D eigenvalue weighted by Gasteiger charge is 2.38. The third kappa shape index (κ3) is 2.67. The molecule has 1 saturated carbocycles. The number of rotatable bonds is 5. The topological polar surface area (TPSA) is 55.1 Å². The van der Waals surface area contributed by atoms with Crippen molar-refractivity contribution in [3.05, 3.63) is 35.9 Å². The smallest absolute Gasteiger partial charge is 0.221 e. The van der Waals surface area contributed by atoms with Crippen LogP contribution in [0, 0.1) is 0 Å². The number of benzene rings is 1. The predicted octanol–water partition coefficient (Wildman–Crippen LogP) is 1.57. The number of carbonyl (C=O) groups is 1. The van der Waals surface area contributed by atoms with Crippen molar-refractivity contribution in [2.45, 2.75) is 31.1 Å². The average molecular weight is 232 g/mol. The zero-order chi connectivity index (χ0) is 12.1. The molecule has 3 heteroatoms. The lowest BCUT2D eigenvalue weighted by Crippen LogP contribution is -2.45. The number of amides is 1. The third-order valence-electron chi connectivity index (χ3n) is 3.69. The van der Waals surface area contributed by atoms with Crippen LogP contribution in [0.3, 0.4) is 0 Å². The van der Waals surface area contributed by atoms with Gasteiger partial charge in [-0.05, 0) is 18.4 Å². The Morgan fingerprint density at radius 3 is 2.53 bits per heavy atom. The molecule has 92 valence electrons. The molecule has 0 aromatic heterocycles. The minimum Gasteiger partial charge on any atom is -0.355 e. The highest BCUT2D eigenvalue weighted by molar-refractivity contribution is 5.76. The van der Waals surface area contributed by atoms with Gasteiger partial charge in [-0.2, -0.15) is 0 Å². The molecule has 2 rings (SSSR count). The fourth-order valence-electron chi connectivity index (χ4n) is 2.45. The molecule has 1 amide bonds. The molecule has 0 aliphatic heterocycles. The first kappa shape index (κ1) is 12.1. The van der Waals surface area contributed by atoms with Crippen molar-refractivity contribution in [2.75, 3.05) is 13.1 Å². The standard InChI is InChI=1S/C14H20N2O/c15-10-7-13(17)16-11-14(8-4-9-14)12-5-2-1-3-6-12/h1-3,5-6H,4,7-11,15H2,(H,16,17). The summed E-state index contributed by atoms with van der Waals surface area (Å²) < 4.78 is 0. The molecule has 1 aliphatic carbocycles. The molecule has 0 unspecified atom stereocenters. The monoisotopic (exact) mass is 232 g/mol. The van der Waals surface area contributed by atoms with Crippen molar-refractivity contribution in [2.24, 2.45) is 5.73 Å². The van der Waals surface area contributed by atoms with Gasteiger partial charge in [-0.3, -0.25) is 4.79 Å². The molecule has 17 heavy (non-hydrogen) atoms. The van der Waals surface area contributed by atoms with Gasteiger partial charge in [-0.15, -0.1) is 0 Å². The van der Waals surface area contributed by atoms with E-state index in [2.05, 4.69) is 29.6 Å². The van der Waals surface area contributed by atoms with Crippen LogP contribution in [0.1, 0.15) is 31.2 Å². The maximum Gasteiger partial charge on any atom is 0.221 e. The SMILES string of the molecule is NCCC(=O)NCC1(c2ccccc2)CCC1. The average Bonchev–Trinajstić information content (AvgIpc) is 2.29. The van der Waals surface area contributed by atoms with Crippen LogP contribution in [-0.4, -0.2) is 19.0 Å². The van der Waals surface area contributed by atoms with Gasteiger partial charge in [0.1, 0.15) is 0 Å². The second-order valence-electron chi connectivity index (χ2n) is 4.82. The summed E-state index contributed by atoms with van der Waals surface area (Å²) in [6, 6.07) is 10.5. The first-order chi connectivity index (χ1) is 8.27. The Hall–Kier alpha value is -1.35. The third-order valence-corrected chi connectivity index (χ3v) is 3.69. The van der Waals surface area contributed by atoms with Crippen LogP contribution in [-0.2, 0) is 10.2 Å². The van der Waals surface area contributed by atoms with Crippen molar-refractivity contribution in [1.82, 2.24) is 5.32 Å². The Balaban J connectivity index is 1.99. The molecule has 0 saturated heterocycles. The molecule has 0 spiro atoms. The Kier molecular flexibility index (Phi) is 3.79. The van der Waals surface area contributed by atoms with E-state index in [9.17, 15) is 4.79 Å². The van der Waals surface area contributed by atoms with Crippen molar-refractivity contribution >= 4 is 5.91 Å². The quantitative estimate of drug-likeness (QED) is 0.809. The highest BCUT2D eigenvalue weighted by Crippen LogP contribution is 2.43. The molecule has 1 aromatic rings. The maximum atomic E-state index is 11.5. The van der Waals surface area contributed by atoms with Crippen molar-refractivity contribution in [1.29, 1.82) is 0 Å². The van der Waals surface area contributed by atoms with Crippen LogP contribution in [0.5, 0.6) is 0 Å². The van der Waals surface area contributed by atoms with Crippen LogP contribution in [0.4, 0.5) is 0 Å². The van der Waals surface area contributed by atoms with Crippen LogP contribution < -0.4 is 11.1 Å². The Bertz CT molecular complexity index is 371. The van der Waals surface area contributed by atoms with Crippen molar-refractivity contribution in [3.8, 4) is 0 Å². The minimum absolute atomic E-state index is 0.0645. The molecule has 1 fully saturated rings. The molecule has 0 heterocycles. The van der Waals surface area contributed by atoms with Gasteiger partial charge in [-0.25, -0.2) is 0 Å². The first-order valence-electron chi connectivity index (χ1n) is 6.29. The summed E-state index contributed by atoms with van der Waals surface area (Å²) in [5, 5.41) is 3.01. The summed E-state index contributed by atoms with van der Waals surface area (Å²) in [7, 11) is 0. The van der Waals surface area contributed by atoms with E-state index in [-0.39, 0.29) is 11.3 Å². The van der Waals surface area contributed by atoms with Crippen LogP contribution >= 0.6 is 0 Å². The van der Waals surface area contributed by atoms with Crippen LogP contribution in [0.15, 0.2) is 30.3 Å². The van der Waals surface area contributed by atoms with E-state index in [0.717, 1.165) is 6.54 Å². The summed E-state index contributed by atoms with van der Waals surface area (Å²) >= 11 is 0. The second kappa shape index (κ2) is 5.32. The van der Waals surface area contributed by atoms with Gasteiger partial charge < -0.3 is 11.1 Å². The number of nitrogens with two attached hydrogens (primary N) is 1. The fraction of sp³-hybridized carbons (Fsp3) is 0.500. The molecular formula is C14H20N2O. The Morgan fingerprint density at radius 1 is 1.29 bits per heavy atom. The Labute approximate surface area is 102 Å². The van der Waals surface area contributed by atoms with E-state index in [4.69, 9.17) is 5.73 Å². The van der Waals surface area contributed by atoms with Crippen LogP contribution in [0.25, 0.3) is 0 Å². The Morgan fingerprint density at radius 2 is 2.00 bits per heavy atom. The van der Waals surface area contributed by atoms with Gasteiger partial charge in [0.05, 0.1) is 0 Å². The molecule has 0 radical (unpaired) electrons. The highest BCUT2D eigenvalue weighted by atomic mass is 16.1. The molecule has 3 N–H and O–H groups in total. The summed E-state index contributed by atoms with van der Waals surface area (Å²) in [5.41, 5.74) is 6.88. The molecule has 0 atom stereocenters. The van der Waals surface area contributed by atoms with E-state index < -0.39 is 0 Å². The van der Waals surface area contributed by atoms with Gasteiger partial charge in [0, 0.05) is 24.9 Å². The van der Waals surface area contributed by atoms with E-state index in [1.54, 1.807) is 0 Å². The summed E-state index contributed by atoms with van der Waals surface area (Å²) in [5.74, 6) is 0.0645. The summed E-state index contributed by atoms with van der Waals surface area (Å²) in [6.45, 7) is 1.17. The van der Waals surface area contributed by atoms with Crippen molar-refractivity contribution < 1.29 is 4.79 Å². The lowest BCUT2D eigenvalue weighted by Gasteiger charge is -2.42. The zero-order valence-electron chi connectivity index (χ0n) is 10.1. The largest absolute Gasteiger partial charge is 0.355 e. The van der Waals surface area contributed by atoms with Gasteiger partial charge in [0.2, 0.25) is 5.91 Å². The number of nitrogens with one attached hydrogen (secondary N) is 1. The predicted molar refractivity (Wildman–Crippen MR) is 68.7 cm³/mol. The molecule has 1 aliphatic rings. The van der Waals surface area contributed by atoms with E-state index in [1.165, 1.54) is 24.8 Å². The van der Waals surface area contributed by atoms with Gasteiger partial charge in [0.25, 0.3) is 0 Å². The fourth-order valence-corrected chi connectivity index (χ4v) is 2.45. The van der Waals surface area contributed by atoms with Gasteiger partial charge >= 0.3 is 0 Å². The van der Waals surface area contributed by atoms with E-state index in [1.807, 2.05) is 6.07 Å². The molecule has 3 nitrogen and oxygen atoms in total. The number of hydrogen-bond donors (Lipinski definition) is 2. The molecular weight excluding hydrogens is 212 g/mol. The summed E-state index contributed by atoms with van der Waals surface area (Å²) in [6.07, 6.45) is 4.01. The maximum absolute atomic E-state index is 11.5. The van der Waals surface area contributed by atoms with E-state index >= 15 is 0 Å². The lowest BCUT2D eigenvalue weighted by molar-refractivity contribution is -0.121. The molecule has 0 bridgehead atoms. The number of hydrogen-bond acceptors (Lipinski definition) is 2. The second-order valence-corrected chi connectivity index (χ2v) is 4.82. The minimum atomic E-state index is 0.0645. The lowest BCUT2D eigenvalue weighted by atomic mass is 9.64. The normalized spacial score (nSPS) is 17.2. The van der Waals surface area contributed by atoms with Gasteiger partial charge in [0.15, 0.2) is 0 Å². The zero-order valence-corrected chi connectivity index (χ0v) is 10.1. The van der Waals surface area contributed by atoms with Crippen molar-refractivity contribution in [3.63, 3.8) is 0 Å². The molecule has 1 aromatic carbocycles. The summed E-state index contributed by atoms with van der Waals surface area (Å²) in [4.78, 5) is 11.5. The van der Waals surface area contributed by atoms with Gasteiger partial charge in [-0.1, -0.05) is 36.8 Å². The van der Waals surface area contributed by atoms with Crippen LogP contribution in [0.2, 0.25) is 0 Å². The first-order valence-corrected chi connectivity index (χ1v) is 6.29. The number of carbonyl (C=O) groups excluding carboxylic acids is 1.